The number of hydrogen-bond acceptors (Lipinski definition) is 3. The second-order valence-corrected chi connectivity index (χ2v) is 3.97. The third-order valence-electron chi connectivity index (χ3n) is 2.62. The van der Waals surface area contributed by atoms with E-state index in [1.54, 1.807) is 24.3 Å². The highest BCUT2D eigenvalue weighted by atomic mass is 19.1. The van der Waals surface area contributed by atoms with Gasteiger partial charge < -0.3 is 9.73 Å². The summed E-state index contributed by atoms with van der Waals surface area (Å²) in [7, 11) is 0. The van der Waals surface area contributed by atoms with E-state index in [0.29, 0.717) is 17.2 Å². The highest BCUT2D eigenvalue weighted by Crippen LogP contribution is 2.15. The number of nitrogens with zero attached hydrogens (tertiary/aromatic N) is 1. The van der Waals surface area contributed by atoms with Crippen LogP contribution in [-0.2, 0) is 4.79 Å². The SMILES string of the molecule is O=C1NC(c2cccc(F)c2)=NC1=Cc1ccco1. The fraction of sp³-hybridized carbons (Fsp3) is 0. The first-order chi connectivity index (χ1) is 9.22. The van der Waals surface area contributed by atoms with Crippen molar-refractivity contribution in [1.29, 1.82) is 0 Å². The van der Waals surface area contributed by atoms with Crippen molar-refractivity contribution in [2.75, 3.05) is 0 Å². The molecule has 0 saturated heterocycles. The summed E-state index contributed by atoms with van der Waals surface area (Å²) in [5.41, 5.74) is 0.755. The molecule has 1 aromatic carbocycles. The Hall–Kier alpha value is -2.69. The largest absolute Gasteiger partial charge is 0.465 e. The first-order valence-electron chi connectivity index (χ1n) is 5.63. The molecule has 0 radical (unpaired) electrons. The summed E-state index contributed by atoms with van der Waals surface area (Å²) in [5.74, 6) is 0.158. The van der Waals surface area contributed by atoms with Crippen molar-refractivity contribution < 1.29 is 13.6 Å². The Morgan fingerprint density at radius 2 is 2.16 bits per heavy atom. The molecule has 0 spiro atoms. The molecule has 0 atom stereocenters. The molecule has 2 aromatic rings. The fourth-order valence-corrected chi connectivity index (χ4v) is 1.75. The number of halogens is 1. The molecule has 1 N–H and O–H groups in total. The maximum absolute atomic E-state index is 13.1. The first-order valence-corrected chi connectivity index (χ1v) is 5.63. The fourth-order valence-electron chi connectivity index (χ4n) is 1.75. The lowest BCUT2D eigenvalue weighted by molar-refractivity contribution is -0.115. The van der Waals surface area contributed by atoms with E-state index in [9.17, 15) is 9.18 Å². The first kappa shape index (κ1) is 11.4. The van der Waals surface area contributed by atoms with E-state index < -0.39 is 0 Å². The molecule has 1 aliphatic rings. The highest BCUT2D eigenvalue weighted by molar-refractivity contribution is 6.19. The molecule has 3 rings (SSSR count). The predicted molar refractivity (Wildman–Crippen MR) is 67.8 cm³/mol. The van der Waals surface area contributed by atoms with E-state index in [1.807, 2.05) is 0 Å². The number of amidine groups is 1. The van der Waals surface area contributed by atoms with Gasteiger partial charge in [0.2, 0.25) is 0 Å². The van der Waals surface area contributed by atoms with Gasteiger partial charge in [0.05, 0.1) is 6.26 Å². The third kappa shape index (κ3) is 2.30. The lowest BCUT2D eigenvalue weighted by Gasteiger charge is -1.99. The molecule has 2 heterocycles. The van der Waals surface area contributed by atoms with Crippen molar-refractivity contribution in [2.45, 2.75) is 0 Å². The number of nitrogens with one attached hydrogen (secondary N) is 1. The Balaban J connectivity index is 1.95. The van der Waals surface area contributed by atoms with Crippen LogP contribution in [0.25, 0.3) is 6.08 Å². The Morgan fingerprint density at radius 3 is 2.89 bits per heavy atom. The van der Waals surface area contributed by atoms with Crippen molar-refractivity contribution in [1.82, 2.24) is 5.32 Å². The normalized spacial score (nSPS) is 16.6. The summed E-state index contributed by atoms with van der Waals surface area (Å²) >= 11 is 0. The monoisotopic (exact) mass is 256 g/mol. The van der Waals surface area contributed by atoms with Crippen molar-refractivity contribution in [3.63, 3.8) is 0 Å². The van der Waals surface area contributed by atoms with Gasteiger partial charge in [-0.05, 0) is 24.3 Å². The number of hydrogen-bond donors (Lipinski definition) is 1. The number of rotatable bonds is 2. The molecule has 0 saturated carbocycles. The maximum Gasteiger partial charge on any atom is 0.275 e. The van der Waals surface area contributed by atoms with Crippen LogP contribution >= 0.6 is 0 Å². The molecule has 1 amide bonds. The number of amides is 1. The maximum atomic E-state index is 13.1. The van der Waals surface area contributed by atoms with E-state index in [0.717, 1.165) is 0 Å². The molecule has 0 bridgehead atoms. The Kier molecular flexibility index (Phi) is 2.72. The third-order valence-corrected chi connectivity index (χ3v) is 2.62. The summed E-state index contributed by atoms with van der Waals surface area (Å²) in [4.78, 5) is 15.9. The Morgan fingerprint density at radius 1 is 1.26 bits per heavy atom. The molecule has 94 valence electrons. The second kappa shape index (κ2) is 4.53. The molecule has 1 aromatic heterocycles. The van der Waals surface area contributed by atoms with Crippen LogP contribution in [-0.4, -0.2) is 11.7 Å². The Bertz CT molecular complexity index is 687. The highest BCUT2D eigenvalue weighted by Gasteiger charge is 2.21. The van der Waals surface area contributed by atoms with E-state index in [2.05, 4.69) is 10.3 Å². The zero-order chi connectivity index (χ0) is 13.2. The summed E-state index contributed by atoms with van der Waals surface area (Å²) < 4.78 is 18.2. The number of carbonyl (C=O) groups excluding carboxylic acids is 1. The smallest absolute Gasteiger partial charge is 0.275 e. The number of benzene rings is 1. The van der Waals surface area contributed by atoms with E-state index in [-0.39, 0.29) is 17.4 Å². The van der Waals surface area contributed by atoms with E-state index >= 15 is 0 Å². The zero-order valence-corrected chi connectivity index (χ0v) is 9.76. The molecular weight excluding hydrogens is 247 g/mol. The minimum Gasteiger partial charge on any atom is -0.465 e. The topological polar surface area (TPSA) is 54.6 Å². The van der Waals surface area contributed by atoms with Crippen LogP contribution in [0.4, 0.5) is 4.39 Å². The van der Waals surface area contributed by atoms with Crippen LogP contribution in [0, 0.1) is 5.82 Å². The van der Waals surface area contributed by atoms with Gasteiger partial charge in [-0.25, -0.2) is 9.38 Å². The van der Waals surface area contributed by atoms with Crippen molar-refractivity contribution in [2.24, 2.45) is 4.99 Å². The van der Waals surface area contributed by atoms with Crippen LogP contribution in [0.1, 0.15) is 11.3 Å². The Labute approximate surface area is 108 Å². The van der Waals surface area contributed by atoms with E-state index in [1.165, 1.54) is 24.5 Å². The van der Waals surface area contributed by atoms with Gasteiger partial charge in [0.15, 0.2) is 0 Å². The molecule has 0 fully saturated rings. The van der Waals surface area contributed by atoms with Crippen molar-refractivity contribution in [3.05, 3.63) is 65.5 Å². The lowest BCUT2D eigenvalue weighted by atomic mass is 10.2. The van der Waals surface area contributed by atoms with Gasteiger partial charge in [-0.2, -0.15) is 0 Å². The summed E-state index contributed by atoms with van der Waals surface area (Å²) in [5, 5.41) is 2.59. The van der Waals surface area contributed by atoms with Gasteiger partial charge >= 0.3 is 0 Å². The lowest BCUT2D eigenvalue weighted by Crippen LogP contribution is -2.24. The van der Waals surface area contributed by atoms with Gasteiger partial charge in [-0.15, -0.1) is 0 Å². The predicted octanol–water partition coefficient (Wildman–Crippen LogP) is 2.34. The number of aliphatic imine (C=N–C) groups is 1. The average molecular weight is 256 g/mol. The summed E-state index contributed by atoms with van der Waals surface area (Å²) in [6.45, 7) is 0. The molecule has 0 unspecified atom stereocenters. The minimum absolute atomic E-state index is 0.231. The number of carbonyl (C=O) groups is 1. The summed E-state index contributed by atoms with van der Waals surface area (Å²) in [6.07, 6.45) is 3.04. The van der Waals surface area contributed by atoms with Gasteiger partial charge in [0.1, 0.15) is 23.1 Å². The zero-order valence-electron chi connectivity index (χ0n) is 9.76. The molecule has 19 heavy (non-hydrogen) atoms. The molecule has 4 nitrogen and oxygen atoms in total. The van der Waals surface area contributed by atoms with Crippen LogP contribution in [0.3, 0.4) is 0 Å². The van der Waals surface area contributed by atoms with E-state index in [4.69, 9.17) is 4.42 Å². The molecule has 0 aliphatic carbocycles. The number of furan rings is 1. The average Bonchev–Trinajstić information content (AvgIpc) is 3.01. The van der Waals surface area contributed by atoms with Gasteiger partial charge in [0, 0.05) is 11.6 Å². The molecular formula is C14H9FN2O2. The van der Waals surface area contributed by atoms with Crippen LogP contribution in [0.2, 0.25) is 0 Å². The minimum atomic E-state index is -0.377. The van der Waals surface area contributed by atoms with Crippen LogP contribution in [0.15, 0.2) is 57.8 Å². The van der Waals surface area contributed by atoms with Crippen molar-refractivity contribution >= 4 is 17.8 Å². The van der Waals surface area contributed by atoms with Gasteiger partial charge in [-0.1, -0.05) is 12.1 Å². The quantitative estimate of drug-likeness (QED) is 0.838. The molecule has 5 heteroatoms. The second-order valence-electron chi connectivity index (χ2n) is 3.97. The summed E-state index contributed by atoms with van der Waals surface area (Å²) in [6, 6.07) is 9.33. The van der Waals surface area contributed by atoms with Gasteiger partial charge in [0.25, 0.3) is 5.91 Å². The molecule has 1 aliphatic heterocycles. The van der Waals surface area contributed by atoms with Crippen LogP contribution in [0.5, 0.6) is 0 Å². The van der Waals surface area contributed by atoms with Crippen LogP contribution < -0.4 is 5.32 Å². The standard InChI is InChI=1S/C14H9FN2O2/c15-10-4-1-3-9(7-10)13-16-12(14(18)17-13)8-11-5-2-6-19-11/h1-8H,(H,16,17,18). The van der Waals surface area contributed by atoms with Crippen molar-refractivity contribution in [3.8, 4) is 0 Å². The van der Waals surface area contributed by atoms with Gasteiger partial charge in [-0.3, -0.25) is 4.79 Å².